The molecule has 1 unspecified atom stereocenters. The molecule has 1 saturated heterocycles. The van der Waals surface area contributed by atoms with Crippen LogP contribution in [-0.2, 0) is 10.2 Å². The lowest BCUT2D eigenvalue weighted by Gasteiger charge is -2.28. The number of hydrogen-bond donors (Lipinski definition) is 0. The van der Waals surface area contributed by atoms with E-state index in [1.54, 1.807) is 0 Å². The van der Waals surface area contributed by atoms with Gasteiger partial charge in [0, 0.05) is 37.0 Å². The molecule has 0 aromatic heterocycles. The van der Waals surface area contributed by atoms with Crippen LogP contribution in [0.25, 0.3) is 0 Å². The van der Waals surface area contributed by atoms with Gasteiger partial charge in [0.15, 0.2) is 0 Å². The van der Waals surface area contributed by atoms with Crippen LogP contribution in [0.1, 0.15) is 83.3 Å². The van der Waals surface area contributed by atoms with Crippen LogP contribution in [0.5, 0.6) is 5.75 Å². The van der Waals surface area contributed by atoms with Crippen LogP contribution in [0.3, 0.4) is 0 Å². The van der Waals surface area contributed by atoms with Gasteiger partial charge in [-0.25, -0.2) is 0 Å². The van der Waals surface area contributed by atoms with Crippen LogP contribution in [0, 0.1) is 0 Å². The predicted octanol–water partition coefficient (Wildman–Crippen LogP) is 4.96. The van der Waals surface area contributed by atoms with E-state index in [0.717, 1.165) is 70.8 Å². The van der Waals surface area contributed by atoms with Crippen LogP contribution in [0.4, 0.5) is 0 Å². The molecular weight excluding hydrogens is 360 g/mol. The highest BCUT2D eigenvalue weighted by atomic mass is 16.5. The van der Waals surface area contributed by atoms with Crippen molar-refractivity contribution in [2.75, 3.05) is 39.3 Å². The summed E-state index contributed by atoms with van der Waals surface area (Å²) in [4.78, 5) is 16.6. The molecule has 1 aromatic rings. The van der Waals surface area contributed by atoms with Crippen molar-refractivity contribution in [3.63, 3.8) is 0 Å². The Hall–Kier alpha value is -1.55. The van der Waals surface area contributed by atoms with E-state index in [9.17, 15) is 4.79 Å². The first kappa shape index (κ1) is 22.1. The maximum atomic E-state index is 12.0. The quantitative estimate of drug-likeness (QED) is 0.520. The topological polar surface area (TPSA) is 32.8 Å². The van der Waals surface area contributed by atoms with Gasteiger partial charge in [0.25, 0.3) is 0 Å². The lowest BCUT2D eigenvalue weighted by atomic mass is 9.85. The molecule has 1 amide bonds. The van der Waals surface area contributed by atoms with Crippen molar-refractivity contribution in [3.05, 3.63) is 29.3 Å². The summed E-state index contributed by atoms with van der Waals surface area (Å²) in [5, 5.41) is 0. The molecule has 2 aliphatic heterocycles. The van der Waals surface area contributed by atoms with Crippen LogP contribution in [0.15, 0.2) is 18.2 Å². The minimum Gasteiger partial charge on any atom is -0.492 e. The second kappa shape index (κ2) is 9.97. The first-order valence-corrected chi connectivity index (χ1v) is 11.7. The standard InChI is InChI=1S/C25H40N2O2/c1-5-13-26(14-8-9-16-27-15-7-6-10-24(27)28)18-20(2)21-11-12-22-23(17-21)29-19-25(22,3)4/h11-12,17,20H,5-10,13-16,18-19H2,1-4H3. The van der Waals surface area contributed by atoms with Crippen molar-refractivity contribution < 1.29 is 9.53 Å². The number of piperidine rings is 1. The van der Waals surface area contributed by atoms with Crippen molar-refractivity contribution in [2.24, 2.45) is 0 Å². The average molecular weight is 401 g/mol. The molecule has 0 saturated carbocycles. The van der Waals surface area contributed by atoms with Gasteiger partial charge in [0.2, 0.25) is 5.91 Å². The fourth-order valence-corrected chi connectivity index (χ4v) is 4.70. The van der Waals surface area contributed by atoms with E-state index in [2.05, 4.69) is 55.7 Å². The molecule has 0 N–H and O–H groups in total. The number of carbonyl (C=O) groups excluding carboxylic acids is 1. The van der Waals surface area contributed by atoms with Crippen molar-refractivity contribution >= 4 is 5.91 Å². The Morgan fingerprint density at radius 2 is 2.03 bits per heavy atom. The molecule has 29 heavy (non-hydrogen) atoms. The largest absolute Gasteiger partial charge is 0.492 e. The summed E-state index contributed by atoms with van der Waals surface area (Å²) in [5.74, 6) is 1.92. The molecular formula is C25H40N2O2. The summed E-state index contributed by atoms with van der Waals surface area (Å²) in [7, 11) is 0. The molecule has 2 heterocycles. The van der Waals surface area contributed by atoms with Crippen LogP contribution < -0.4 is 4.74 Å². The Bertz CT molecular complexity index is 685. The van der Waals surface area contributed by atoms with E-state index in [1.165, 1.54) is 24.0 Å². The number of rotatable bonds is 10. The van der Waals surface area contributed by atoms with Gasteiger partial charge in [0.1, 0.15) is 5.75 Å². The molecule has 1 aromatic carbocycles. The van der Waals surface area contributed by atoms with E-state index in [-0.39, 0.29) is 5.41 Å². The van der Waals surface area contributed by atoms with Crippen molar-refractivity contribution in [2.45, 2.75) is 77.6 Å². The number of hydrogen-bond acceptors (Lipinski definition) is 3. The SMILES string of the molecule is CCCN(CCCCN1CCCCC1=O)CC(C)c1ccc2c(c1)OCC2(C)C. The van der Waals surface area contributed by atoms with E-state index in [1.807, 2.05) is 0 Å². The number of fused-ring (bicyclic) bond motifs is 1. The van der Waals surface area contributed by atoms with Gasteiger partial charge >= 0.3 is 0 Å². The zero-order chi connectivity index (χ0) is 20.9. The Morgan fingerprint density at radius 3 is 2.79 bits per heavy atom. The molecule has 2 aliphatic rings. The van der Waals surface area contributed by atoms with E-state index in [0.29, 0.717) is 11.8 Å². The molecule has 162 valence electrons. The highest BCUT2D eigenvalue weighted by Gasteiger charge is 2.32. The zero-order valence-electron chi connectivity index (χ0n) is 19.0. The van der Waals surface area contributed by atoms with Crippen LogP contribution >= 0.6 is 0 Å². The molecule has 3 rings (SSSR count). The Balaban J connectivity index is 1.48. The number of unbranched alkanes of at least 4 members (excludes halogenated alkanes) is 1. The van der Waals surface area contributed by atoms with Gasteiger partial charge < -0.3 is 14.5 Å². The molecule has 0 spiro atoms. The molecule has 0 aliphatic carbocycles. The predicted molar refractivity (Wildman–Crippen MR) is 120 cm³/mol. The minimum atomic E-state index is 0.126. The van der Waals surface area contributed by atoms with Crippen LogP contribution in [0.2, 0.25) is 0 Å². The zero-order valence-corrected chi connectivity index (χ0v) is 19.0. The van der Waals surface area contributed by atoms with E-state index in [4.69, 9.17) is 4.74 Å². The lowest BCUT2D eigenvalue weighted by molar-refractivity contribution is -0.133. The maximum absolute atomic E-state index is 12.0. The highest BCUT2D eigenvalue weighted by molar-refractivity contribution is 5.76. The summed E-state index contributed by atoms with van der Waals surface area (Å²) in [6.45, 7) is 15.1. The third-order valence-corrected chi connectivity index (χ3v) is 6.54. The van der Waals surface area contributed by atoms with Gasteiger partial charge in [-0.05, 0) is 62.7 Å². The van der Waals surface area contributed by atoms with Crippen molar-refractivity contribution in [3.8, 4) is 5.75 Å². The first-order valence-electron chi connectivity index (χ1n) is 11.7. The summed E-state index contributed by atoms with van der Waals surface area (Å²) in [6, 6.07) is 6.83. The van der Waals surface area contributed by atoms with Crippen LogP contribution in [-0.4, -0.2) is 55.0 Å². The number of carbonyl (C=O) groups is 1. The second-order valence-electron chi connectivity index (χ2n) is 9.67. The molecule has 1 fully saturated rings. The van der Waals surface area contributed by atoms with Gasteiger partial charge in [0.05, 0.1) is 6.61 Å². The van der Waals surface area contributed by atoms with Crippen molar-refractivity contribution in [1.82, 2.24) is 9.80 Å². The number of amides is 1. The first-order chi connectivity index (χ1) is 13.9. The number of ether oxygens (including phenoxy) is 1. The monoisotopic (exact) mass is 400 g/mol. The lowest BCUT2D eigenvalue weighted by Crippen LogP contribution is -2.36. The van der Waals surface area contributed by atoms with Crippen molar-refractivity contribution in [1.29, 1.82) is 0 Å². The van der Waals surface area contributed by atoms with E-state index < -0.39 is 0 Å². The molecule has 0 radical (unpaired) electrons. The smallest absolute Gasteiger partial charge is 0.222 e. The molecule has 4 heteroatoms. The Labute approximate surface area is 177 Å². The fraction of sp³-hybridized carbons (Fsp3) is 0.720. The van der Waals surface area contributed by atoms with Gasteiger partial charge in [-0.3, -0.25) is 4.79 Å². The summed E-state index contributed by atoms with van der Waals surface area (Å²) in [6.07, 6.45) is 6.45. The third kappa shape index (κ3) is 5.75. The maximum Gasteiger partial charge on any atom is 0.222 e. The number of benzene rings is 1. The fourth-order valence-electron chi connectivity index (χ4n) is 4.70. The Morgan fingerprint density at radius 1 is 1.21 bits per heavy atom. The van der Waals surface area contributed by atoms with Gasteiger partial charge in [-0.1, -0.05) is 39.8 Å². The number of nitrogens with zero attached hydrogens (tertiary/aromatic N) is 2. The Kier molecular flexibility index (Phi) is 7.61. The minimum absolute atomic E-state index is 0.126. The van der Waals surface area contributed by atoms with E-state index >= 15 is 0 Å². The van der Waals surface area contributed by atoms with Gasteiger partial charge in [-0.15, -0.1) is 0 Å². The summed E-state index contributed by atoms with van der Waals surface area (Å²) >= 11 is 0. The molecule has 0 bridgehead atoms. The summed E-state index contributed by atoms with van der Waals surface area (Å²) < 4.78 is 5.96. The summed E-state index contributed by atoms with van der Waals surface area (Å²) in [5.41, 5.74) is 2.84. The molecule has 1 atom stereocenters. The second-order valence-corrected chi connectivity index (χ2v) is 9.67. The number of likely N-dealkylation sites (tertiary alicyclic amines) is 1. The third-order valence-electron chi connectivity index (χ3n) is 6.54. The van der Waals surface area contributed by atoms with Gasteiger partial charge in [-0.2, -0.15) is 0 Å². The molecule has 4 nitrogen and oxygen atoms in total. The average Bonchev–Trinajstić information content (AvgIpc) is 3.01. The highest BCUT2D eigenvalue weighted by Crippen LogP contribution is 2.39. The normalized spacial score (nSPS) is 19.3.